The van der Waals surface area contributed by atoms with Crippen molar-refractivity contribution in [3.63, 3.8) is 0 Å². The highest BCUT2D eigenvalue weighted by atomic mass is 127. The average Bonchev–Trinajstić information content (AvgIpc) is 2.31. The number of benzene rings is 2. The van der Waals surface area contributed by atoms with Crippen molar-refractivity contribution in [1.29, 1.82) is 0 Å². The van der Waals surface area contributed by atoms with Gasteiger partial charge in [0.05, 0.1) is 0 Å². The van der Waals surface area contributed by atoms with Crippen LogP contribution in [0.5, 0.6) is 11.5 Å². The van der Waals surface area contributed by atoms with E-state index in [0.29, 0.717) is 11.5 Å². The Kier molecular flexibility index (Phi) is 5.48. The van der Waals surface area contributed by atoms with Crippen LogP contribution < -0.4 is 9.47 Å². The molecule has 3 nitrogen and oxygen atoms in total. The zero-order valence-electron chi connectivity index (χ0n) is 8.91. The van der Waals surface area contributed by atoms with Crippen LogP contribution in [0, 0.1) is 0 Å². The van der Waals surface area contributed by atoms with Gasteiger partial charge < -0.3 is 9.47 Å². The lowest BCUT2D eigenvalue weighted by atomic mass is 10.3. The first-order valence-corrected chi connectivity index (χ1v) is 4.84. The highest BCUT2D eigenvalue weighted by molar-refractivity contribution is 14.0. The van der Waals surface area contributed by atoms with Crippen molar-refractivity contribution in [1.82, 2.24) is 0 Å². The zero-order chi connectivity index (χ0) is 11.2. The monoisotopic (exact) mass is 342 g/mol. The summed E-state index contributed by atoms with van der Waals surface area (Å²) in [5.74, 6) is 0.923. The van der Waals surface area contributed by atoms with Crippen LogP contribution in [0.25, 0.3) is 0 Å². The molecule has 0 heterocycles. The number of carbonyl (C=O) groups excluding carboxylic acids is 1. The molecule has 0 saturated carbocycles. The van der Waals surface area contributed by atoms with Gasteiger partial charge in [-0.2, -0.15) is 0 Å². The minimum atomic E-state index is -0.739. The molecule has 4 heteroatoms. The van der Waals surface area contributed by atoms with Gasteiger partial charge in [0.1, 0.15) is 11.5 Å². The van der Waals surface area contributed by atoms with Gasteiger partial charge in [-0.25, -0.2) is 4.79 Å². The Morgan fingerprint density at radius 3 is 1.41 bits per heavy atom. The number of para-hydroxylation sites is 2. The van der Waals surface area contributed by atoms with Crippen molar-refractivity contribution in [2.24, 2.45) is 0 Å². The van der Waals surface area contributed by atoms with Crippen molar-refractivity contribution in [3.8, 4) is 11.5 Å². The number of carbonyl (C=O) groups is 1. The van der Waals surface area contributed by atoms with E-state index in [9.17, 15) is 4.79 Å². The standard InChI is InChI=1S/C13H10O3.HI/c14-13(15-11-7-3-1-4-8-11)16-12-9-5-2-6-10-12;/h1-10H;1H. The molecule has 0 radical (unpaired) electrons. The van der Waals surface area contributed by atoms with E-state index in [1.165, 1.54) is 0 Å². The third-order valence-electron chi connectivity index (χ3n) is 1.89. The molecule has 0 spiro atoms. The average molecular weight is 342 g/mol. The molecule has 0 fully saturated rings. The van der Waals surface area contributed by atoms with Gasteiger partial charge in [-0.1, -0.05) is 36.4 Å². The molecule has 2 aromatic rings. The first kappa shape index (κ1) is 13.5. The van der Waals surface area contributed by atoms with Gasteiger partial charge in [-0.15, -0.1) is 24.0 Å². The number of hydrogen-bond donors (Lipinski definition) is 0. The molecule has 17 heavy (non-hydrogen) atoms. The Morgan fingerprint density at radius 2 is 1.06 bits per heavy atom. The summed E-state index contributed by atoms with van der Waals surface area (Å²) in [7, 11) is 0. The largest absolute Gasteiger partial charge is 0.519 e. The van der Waals surface area contributed by atoms with Gasteiger partial charge in [0.2, 0.25) is 0 Å². The normalized spacial score (nSPS) is 8.94. The fourth-order valence-electron chi connectivity index (χ4n) is 1.19. The molecule has 2 aromatic carbocycles. The van der Waals surface area contributed by atoms with Gasteiger partial charge in [-0.3, -0.25) is 0 Å². The SMILES string of the molecule is I.O=C(Oc1ccccc1)Oc1ccccc1. The second kappa shape index (κ2) is 6.90. The van der Waals surface area contributed by atoms with Crippen LogP contribution in [0.4, 0.5) is 4.79 Å². The number of halogens is 1. The third-order valence-corrected chi connectivity index (χ3v) is 1.89. The maximum absolute atomic E-state index is 11.3. The zero-order valence-corrected chi connectivity index (χ0v) is 11.2. The maximum Gasteiger partial charge on any atom is 0.519 e. The second-order valence-electron chi connectivity index (χ2n) is 3.08. The van der Waals surface area contributed by atoms with Crippen molar-refractivity contribution in [3.05, 3.63) is 60.7 Å². The van der Waals surface area contributed by atoms with E-state index < -0.39 is 6.16 Å². The molecule has 0 aliphatic heterocycles. The van der Waals surface area contributed by atoms with Gasteiger partial charge in [-0.05, 0) is 24.3 Å². The summed E-state index contributed by atoms with van der Waals surface area (Å²) in [5.41, 5.74) is 0. The molecule has 0 unspecified atom stereocenters. The highest BCUT2D eigenvalue weighted by Gasteiger charge is 2.06. The molecule has 0 bridgehead atoms. The lowest BCUT2D eigenvalue weighted by molar-refractivity contribution is 0.152. The fourth-order valence-corrected chi connectivity index (χ4v) is 1.19. The van der Waals surface area contributed by atoms with E-state index in [2.05, 4.69) is 0 Å². The van der Waals surface area contributed by atoms with Crippen LogP contribution in [-0.2, 0) is 0 Å². The minimum absolute atomic E-state index is 0. The van der Waals surface area contributed by atoms with E-state index in [4.69, 9.17) is 9.47 Å². The van der Waals surface area contributed by atoms with E-state index in [0.717, 1.165) is 0 Å². The molecule has 0 amide bonds. The molecular weight excluding hydrogens is 331 g/mol. The molecule has 0 aliphatic carbocycles. The van der Waals surface area contributed by atoms with Crippen molar-refractivity contribution in [2.75, 3.05) is 0 Å². The Hall–Kier alpha value is -1.56. The smallest absolute Gasteiger partial charge is 0.395 e. The Bertz CT molecular complexity index is 413. The quantitative estimate of drug-likeness (QED) is 0.472. The molecule has 88 valence electrons. The topological polar surface area (TPSA) is 35.5 Å². The van der Waals surface area contributed by atoms with E-state index in [1.54, 1.807) is 48.5 Å². The minimum Gasteiger partial charge on any atom is -0.395 e. The van der Waals surface area contributed by atoms with Crippen LogP contribution in [0.3, 0.4) is 0 Å². The summed E-state index contributed by atoms with van der Waals surface area (Å²) >= 11 is 0. The highest BCUT2D eigenvalue weighted by Crippen LogP contribution is 2.12. The second-order valence-corrected chi connectivity index (χ2v) is 3.08. The Balaban J connectivity index is 0.00000144. The Labute approximate surface area is 116 Å². The van der Waals surface area contributed by atoms with E-state index in [-0.39, 0.29) is 24.0 Å². The van der Waals surface area contributed by atoms with Crippen molar-refractivity contribution in [2.45, 2.75) is 0 Å². The van der Waals surface area contributed by atoms with Crippen LogP contribution in [0.15, 0.2) is 60.7 Å². The summed E-state index contributed by atoms with van der Waals surface area (Å²) in [5, 5.41) is 0. The van der Waals surface area contributed by atoms with Gasteiger partial charge in [0.15, 0.2) is 0 Å². The molecule has 0 atom stereocenters. The van der Waals surface area contributed by atoms with Crippen LogP contribution in [0.2, 0.25) is 0 Å². The van der Waals surface area contributed by atoms with E-state index >= 15 is 0 Å². The number of rotatable bonds is 2. The predicted molar refractivity (Wildman–Crippen MR) is 75.0 cm³/mol. The summed E-state index contributed by atoms with van der Waals surface area (Å²) in [6, 6.07) is 17.6. The van der Waals surface area contributed by atoms with Crippen LogP contribution >= 0.6 is 24.0 Å². The molecule has 0 N–H and O–H groups in total. The van der Waals surface area contributed by atoms with Gasteiger partial charge in [0, 0.05) is 0 Å². The predicted octanol–water partition coefficient (Wildman–Crippen LogP) is 3.88. The molecular formula is C13H11IO3. The molecule has 0 aromatic heterocycles. The summed E-state index contributed by atoms with van der Waals surface area (Å²) in [6.07, 6.45) is -0.739. The van der Waals surface area contributed by atoms with E-state index in [1.807, 2.05) is 12.1 Å². The van der Waals surface area contributed by atoms with Gasteiger partial charge >= 0.3 is 6.16 Å². The third kappa shape index (κ3) is 4.44. The van der Waals surface area contributed by atoms with Crippen LogP contribution in [-0.4, -0.2) is 6.16 Å². The first-order valence-electron chi connectivity index (χ1n) is 4.84. The summed E-state index contributed by atoms with van der Waals surface area (Å²) in [6.45, 7) is 0. The van der Waals surface area contributed by atoms with Crippen molar-refractivity contribution < 1.29 is 14.3 Å². The molecule has 2 rings (SSSR count). The number of ether oxygens (including phenoxy) is 2. The fraction of sp³-hybridized carbons (Fsp3) is 0. The Morgan fingerprint density at radius 1 is 0.706 bits per heavy atom. The number of hydrogen-bond acceptors (Lipinski definition) is 3. The van der Waals surface area contributed by atoms with Gasteiger partial charge in [0.25, 0.3) is 0 Å². The first-order chi connectivity index (χ1) is 7.84. The van der Waals surface area contributed by atoms with Crippen molar-refractivity contribution >= 4 is 30.1 Å². The lowest BCUT2D eigenvalue weighted by Crippen LogP contribution is -2.13. The lowest BCUT2D eigenvalue weighted by Gasteiger charge is -2.04. The van der Waals surface area contributed by atoms with Crippen LogP contribution in [0.1, 0.15) is 0 Å². The maximum atomic E-state index is 11.3. The summed E-state index contributed by atoms with van der Waals surface area (Å²) in [4.78, 5) is 11.3. The summed E-state index contributed by atoms with van der Waals surface area (Å²) < 4.78 is 9.91. The molecule has 0 aliphatic rings. The molecule has 0 saturated heterocycles.